The average molecular weight is 563 g/mol. The number of carbonyl (C=O) groups excluding carboxylic acids is 1. The van der Waals surface area contributed by atoms with Gasteiger partial charge in [-0.05, 0) is 34.4 Å². The molecule has 6 N–H and O–H groups in total. The fourth-order valence-corrected chi connectivity index (χ4v) is 5.48. The van der Waals surface area contributed by atoms with Crippen molar-refractivity contribution in [2.75, 3.05) is 0 Å². The van der Waals surface area contributed by atoms with Gasteiger partial charge >= 0.3 is 17.9 Å². The number of H-pyrrole nitrogens is 1. The Balaban J connectivity index is 1.66. The van der Waals surface area contributed by atoms with Crippen LogP contribution in [0.3, 0.4) is 0 Å². The summed E-state index contributed by atoms with van der Waals surface area (Å²) < 4.78 is 16.8. The first-order chi connectivity index (χ1) is 18.8. The topological polar surface area (TPSA) is 235 Å². The maximum absolute atomic E-state index is 12.5. The van der Waals surface area contributed by atoms with Gasteiger partial charge in [0, 0.05) is 19.3 Å². The molecule has 2 bridgehead atoms. The predicted molar refractivity (Wildman–Crippen MR) is 130 cm³/mol. The number of carboxylic acid groups (broad SMARTS) is 2. The number of hydrogen-bond acceptors (Lipinski definition) is 12. The van der Waals surface area contributed by atoms with Gasteiger partial charge in [-0.2, -0.15) is 0 Å². The quantitative estimate of drug-likeness (QED) is 0.150. The zero-order chi connectivity index (χ0) is 29.5. The van der Waals surface area contributed by atoms with E-state index < -0.39 is 65.1 Å². The van der Waals surface area contributed by atoms with Crippen LogP contribution in [-0.2, 0) is 35.0 Å². The third-order valence-corrected chi connectivity index (χ3v) is 7.42. The monoisotopic (exact) mass is 562 g/mol. The average Bonchev–Trinajstić information content (AvgIpc) is 3.50. The molecule has 40 heavy (non-hydrogen) atoms. The number of carbonyl (C=O) groups is 3. The van der Waals surface area contributed by atoms with Crippen molar-refractivity contribution in [3.8, 4) is 0 Å². The van der Waals surface area contributed by atoms with E-state index in [1.54, 1.807) is 0 Å². The molecule has 0 spiro atoms. The molecule has 15 heteroatoms. The zero-order valence-electron chi connectivity index (χ0n) is 21.6. The van der Waals surface area contributed by atoms with E-state index in [1.165, 1.54) is 6.92 Å². The Kier molecular flexibility index (Phi) is 7.79. The van der Waals surface area contributed by atoms with Crippen LogP contribution in [0.1, 0.15) is 44.2 Å². The lowest BCUT2D eigenvalue weighted by Crippen LogP contribution is -2.74. The molecule has 0 radical (unpaired) electrons. The van der Waals surface area contributed by atoms with Crippen LogP contribution in [0, 0.1) is 5.92 Å². The molecule has 15 nitrogen and oxygen atoms in total. The standard InChI is InChI=1S/C25H30N4O11/c1-12(16(38-14(3)30)13(2)11-15-7-5-4-6-8-15)9-10-23-17(31)18(32)25(40-23,22(35)36)24(37,21(33)34)19(39-23)20-26-28-29-27-20/h4-8,13,16-19,31-32,37H,1,9-11H2,2-3H3,(H,33,34)(H,35,36)(H,26,27,28,29). The summed E-state index contributed by atoms with van der Waals surface area (Å²) in [5.74, 6) is -7.88. The summed E-state index contributed by atoms with van der Waals surface area (Å²) >= 11 is 0. The van der Waals surface area contributed by atoms with Gasteiger partial charge in [-0.1, -0.05) is 43.8 Å². The lowest BCUT2D eigenvalue weighted by molar-refractivity contribution is -0.383. The van der Waals surface area contributed by atoms with E-state index in [2.05, 4.69) is 27.2 Å². The minimum atomic E-state index is -3.48. The Morgan fingerprint density at radius 3 is 2.38 bits per heavy atom. The van der Waals surface area contributed by atoms with Crippen LogP contribution in [0.4, 0.5) is 0 Å². The summed E-state index contributed by atoms with van der Waals surface area (Å²) in [5.41, 5.74) is -5.44. The number of benzene rings is 1. The fraction of sp³-hybridized carbons (Fsp3) is 0.520. The second-order valence-electron chi connectivity index (χ2n) is 10.1. The Hall–Kier alpha value is -3.76. The first kappa shape index (κ1) is 29.2. The molecule has 8 atom stereocenters. The first-order valence-corrected chi connectivity index (χ1v) is 12.4. The Morgan fingerprint density at radius 1 is 1.15 bits per heavy atom. The van der Waals surface area contributed by atoms with E-state index in [9.17, 15) is 39.9 Å². The maximum Gasteiger partial charge on any atom is 0.342 e. The highest BCUT2D eigenvalue weighted by atomic mass is 16.8. The number of aliphatic hydroxyl groups is 3. The molecule has 0 aliphatic carbocycles. The van der Waals surface area contributed by atoms with Gasteiger partial charge in [-0.15, -0.1) is 5.10 Å². The van der Waals surface area contributed by atoms with Crippen LogP contribution in [0.25, 0.3) is 0 Å². The van der Waals surface area contributed by atoms with Crippen molar-refractivity contribution in [3.05, 3.63) is 53.9 Å². The third kappa shape index (κ3) is 4.54. The van der Waals surface area contributed by atoms with Crippen molar-refractivity contribution < 1.29 is 54.1 Å². The molecule has 0 saturated carbocycles. The largest absolute Gasteiger partial charge is 0.479 e. The molecule has 2 aliphatic rings. The molecular formula is C25H30N4O11. The number of aromatic nitrogens is 4. The third-order valence-electron chi connectivity index (χ3n) is 7.42. The summed E-state index contributed by atoms with van der Waals surface area (Å²) in [6, 6.07) is 9.43. The van der Waals surface area contributed by atoms with Crippen LogP contribution in [0.2, 0.25) is 0 Å². The Morgan fingerprint density at radius 2 is 1.82 bits per heavy atom. The van der Waals surface area contributed by atoms with E-state index in [-0.39, 0.29) is 18.8 Å². The first-order valence-electron chi connectivity index (χ1n) is 12.4. The molecule has 3 heterocycles. The van der Waals surface area contributed by atoms with Crippen molar-refractivity contribution in [2.45, 2.75) is 74.5 Å². The van der Waals surface area contributed by atoms with Gasteiger partial charge in [-0.25, -0.2) is 14.7 Å². The fourth-order valence-electron chi connectivity index (χ4n) is 5.48. The number of carboxylic acids is 2. The maximum atomic E-state index is 12.5. The van der Waals surface area contributed by atoms with Gasteiger partial charge in [0.05, 0.1) is 0 Å². The molecule has 0 amide bonds. The summed E-state index contributed by atoms with van der Waals surface area (Å²) in [6.45, 7) is 7.11. The van der Waals surface area contributed by atoms with Crippen LogP contribution in [-0.4, -0.2) is 99.4 Å². The van der Waals surface area contributed by atoms with E-state index in [0.717, 1.165) is 5.56 Å². The predicted octanol–water partition coefficient (Wildman–Crippen LogP) is -0.495. The van der Waals surface area contributed by atoms with Crippen LogP contribution in [0.5, 0.6) is 0 Å². The van der Waals surface area contributed by atoms with Gasteiger partial charge in [0.25, 0.3) is 0 Å². The van der Waals surface area contributed by atoms with E-state index in [4.69, 9.17) is 14.2 Å². The van der Waals surface area contributed by atoms with Crippen LogP contribution >= 0.6 is 0 Å². The zero-order valence-corrected chi connectivity index (χ0v) is 21.6. The SMILES string of the molecule is C=C(CCC12OC(c3nnn[nH]3)C(O)(C(=O)O)C(C(=O)O)(O1)C(O)C2O)C(OC(C)=O)C(C)Cc1ccccc1. The van der Waals surface area contributed by atoms with Gasteiger partial charge in [0.15, 0.2) is 17.7 Å². The molecule has 216 valence electrons. The number of aliphatic carboxylic acids is 2. The summed E-state index contributed by atoms with van der Waals surface area (Å²) in [7, 11) is 0. The Labute approximate surface area is 227 Å². The van der Waals surface area contributed by atoms with Crippen molar-refractivity contribution in [1.82, 2.24) is 20.6 Å². The van der Waals surface area contributed by atoms with Crippen molar-refractivity contribution in [1.29, 1.82) is 0 Å². The van der Waals surface area contributed by atoms with E-state index in [1.807, 2.05) is 37.3 Å². The number of nitrogens with zero attached hydrogens (tertiary/aromatic N) is 3. The van der Waals surface area contributed by atoms with Gasteiger partial charge in [-0.3, -0.25) is 4.79 Å². The van der Waals surface area contributed by atoms with Crippen LogP contribution in [0.15, 0.2) is 42.5 Å². The molecular weight excluding hydrogens is 532 g/mol. The minimum Gasteiger partial charge on any atom is -0.479 e. The molecule has 2 saturated heterocycles. The lowest BCUT2D eigenvalue weighted by Gasteiger charge is -2.49. The number of ether oxygens (including phenoxy) is 3. The summed E-state index contributed by atoms with van der Waals surface area (Å²) in [6.07, 6.45) is -7.49. The highest BCUT2D eigenvalue weighted by Gasteiger charge is 2.84. The molecule has 2 aliphatic heterocycles. The molecule has 4 rings (SSSR count). The van der Waals surface area contributed by atoms with Crippen molar-refractivity contribution in [2.24, 2.45) is 5.92 Å². The van der Waals surface area contributed by atoms with Crippen LogP contribution < -0.4 is 0 Å². The van der Waals surface area contributed by atoms with Gasteiger partial charge in [0.1, 0.15) is 18.3 Å². The smallest absolute Gasteiger partial charge is 0.342 e. The molecule has 1 aromatic carbocycles. The molecule has 8 unspecified atom stereocenters. The number of hydrogen-bond donors (Lipinski definition) is 6. The minimum absolute atomic E-state index is 0.0938. The number of rotatable bonds is 11. The number of aromatic amines is 1. The van der Waals surface area contributed by atoms with E-state index >= 15 is 0 Å². The van der Waals surface area contributed by atoms with Crippen molar-refractivity contribution in [3.63, 3.8) is 0 Å². The summed E-state index contributed by atoms with van der Waals surface area (Å²) in [4.78, 5) is 36.7. The van der Waals surface area contributed by atoms with Gasteiger partial charge in [0.2, 0.25) is 11.2 Å². The highest BCUT2D eigenvalue weighted by molar-refractivity contribution is 5.93. The van der Waals surface area contributed by atoms with Crippen molar-refractivity contribution >= 4 is 17.9 Å². The number of fused-ring (bicyclic) bond motifs is 2. The molecule has 2 aromatic rings. The molecule has 2 fully saturated rings. The number of tetrazole rings is 1. The van der Waals surface area contributed by atoms with Gasteiger partial charge < -0.3 is 39.7 Å². The van der Waals surface area contributed by atoms with E-state index in [0.29, 0.717) is 12.0 Å². The summed E-state index contributed by atoms with van der Waals surface area (Å²) in [5, 5.41) is 65.6. The second kappa shape index (κ2) is 10.7. The normalized spacial score (nSPS) is 32.7. The number of aliphatic hydroxyl groups excluding tert-OH is 2. The Bertz CT molecular complexity index is 1270. The molecule has 1 aromatic heterocycles. The second-order valence-corrected chi connectivity index (χ2v) is 10.1. The highest BCUT2D eigenvalue weighted by Crippen LogP contribution is 2.58. The number of esters is 1. The lowest BCUT2D eigenvalue weighted by atomic mass is 9.74. The number of nitrogens with one attached hydrogen (secondary N) is 1.